The molecule has 4 rings (SSSR count). The Hall–Kier alpha value is -2.51. The van der Waals surface area contributed by atoms with Crippen LogP contribution in [0.2, 0.25) is 5.02 Å². The van der Waals surface area contributed by atoms with Gasteiger partial charge in [-0.25, -0.2) is 9.79 Å². The molecule has 0 radical (unpaired) electrons. The topological polar surface area (TPSA) is 65.0 Å². The van der Waals surface area contributed by atoms with E-state index in [9.17, 15) is 9.59 Å². The summed E-state index contributed by atoms with van der Waals surface area (Å²) in [5, 5.41) is 3.78. The zero-order valence-corrected chi connectivity index (χ0v) is 16.1. The summed E-state index contributed by atoms with van der Waals surface area (Å²) in [7, 11) is 1.65. The normalized spacial score (nSPS) is 21.8. The first kappa shape index (κ1) is 17.9. The second kappa shape index (κ2) is 7.25. The van der Waals surface area contributed by atoms with Crippen LogP contribution in [0.3, 0.4) is 0 Å². The lowest BCUT2D eigenvalue weighted by molar-refractivity contribution is -0.127. The minimum atomic E-state index is -0.561. The largest absolute Gasteiger partial charge is 0.331 e. The summed E-state index contributed by atoms with van der Waals surface area (Å²) in [5.41, 5.74) is 1.01. The molecule has 2 aromatic carbocycles. The summed E-state index contributed by atoms with van der Waals surface area (Å²) in [6.07, 6.45) is -0.537. The second-order valence-electron chi connectivity index (χ2n) is 6.34. The number of rotatable bonds is 3. The molecular weight excluding hydrogens is 384 g/mol. The monoisotopic (exact) mass is 400 g/mol. The molecule has 0 aromatic heterocycles. The van der Waals surface area contributed by atoms with Gasteiger partial charge in [-0.1, -0.05) is 53.7 Å². The third kappa shape index (κ3) is 3.52. The molecule has 27 heavy (non-hydrogen) atoms. The number of carbonyl (C=O) groups is 2. The van der Waals surface area contributed by atoms with Crippen molar-refractivity contribution >= 4 is 40.5 Å². The lowest BCUT2D eigenvalue weighted by atomic mass is 10.1. The van der Waals surface area contributed by atoms with Gasteiger partial charge in [0.25, 0.3) is 5.91 Å². The van der Waals surface area contributed by atoms with E-state index >= 15 is 0 Å². The van der Waals surface area contributed by atoms with Crippen LogP contribution in [0.25, 0.3) is 0 Å². The number of fused-ring (bicyclic) bond motifs is 1. The molecule has 0 bridgehead atoms. The van der Waals surface area contributed by atoms with Crippen molar-refractivity contribution in [3.8, 4) is 0 Å². The fraction of sp³-hybridized carbons (Fsp3) is 0.211. The van der Waals surface area contributed by atoms with Gasteiger partial charge in [0.1, 0.15) is 0 Å². The first-order valence-electron chi connectivity index (χ1n) is 8.42. The Morgan fingerprint density at radius 3 is 2.52 bits per heavy atom. The van der Waals surface area contributed by atoms with Gasteiger partial charge < -0.3 is 9.80 Å². The highest BCUT2D eigenvalue weighted by atomic mass is 35.5. The van der Waals surface area contributed by atoms with Crippen LogP contribution in [-0.4, -0.2) is 46.2 Å². The average molecular weight is 401 g/mol. The number of imide groups is 1. The highest BCUT2D eigenvalue weighted by molar-refractivity contribution is 8.13. The molecule has 1 saturated heterocycles. The van der Waals surface area contributed by atoms with E-state index in [-0.39, 0.29) is 5.91 Å². The highest BCUT2D eigenvalue weighted by Crippen LogP contribution is 2.33. The van der Waals surface area contributed by atoms with Crippen LogP contribution in [0, 0.1) is 0 Å². The number of hydrogen-bond donors (Lipinski definition) is 1. The molecular formula is C19H17ClN4O2S. The Bertz CT molecular complexity index is 904. The number of amidine groups is 1. The molecule has 2 unspecified atom stereocenters. The fourth-order valence-corrected chi connectivity index (χ4v) is 4.22. The summed E-state index contributed by atoms with van der Waals surface area (Å²) < 4.78 is 0. The van der Waals surface area contributed by atoms with E-state index in [1.54, 1.807) is 7.05 Å². The van der Waals surface area contributed by atoms with E-state index in [1.807, 2.05) is 59.5 Å². The van der Waals surface area contributed by atoms with Crippen LogP contribution in [0.4, 0.5) is 4.79 Å². The maximum atomic E-state index is 12.6. The molecule has 0 aliphatic carbocycles. The Kier molecular flexibility index (Phi) is 4.80. The molecule has 2 aliphatic heterocycles. The van der Waals surface area contributed by atoms with Gasteiger partial charge in [-0.2, -0.15) is 0 Å². The quantitative estimate of drug-likeness (QED) is 0.859. The summed E-state index contributed by atoms with van der Waals surface area (Å²) in [4.78, 5) is 33.7. The molecule has 0 saturated carbocycles. The average Bonchev–Trinajstić information content (AvgIpc) is 3.01. The van der Waals surface area contributed by atoms with E-state index in [2.05, 4.69) is 5.32 Å². The minimum absolute atomic E-state index is 0.329. The van der Waals surface area contributed by atoms with E-state index in [4.69, 9.17) is 16.6 Å². The number of halogens is 1. The summed E-state index contributed by atoms with van der Waals surface area (Å²) in [6.45, 7) is 0.493. The molecule has 2 aliphatic rings. The number of hydrogen-bond acceptors (Lipinski definition) is 5. The summed E-state index contributed by atoms with van der Waals surface area (Å²) in [5.74, 6) is -0.329. The zero-order valence-electron chi connectivity index (χ0n) is 14.5. The minimum Gasteiger partial charge on any atom is -0.331 e. The lowest BCUT2D eigenvalue weighted by Gasteiger charge is -2.36. The predicted octanol–water partition coefficient (Wildman–Crippen LogP) is 3.18. The van der Waals surface area contributed by atoms with E-state index in [0.29, 0.717) is 16.7 Å². The van der Waals surface area contributed by atoms with Crippen molar-refractivity contribution in [1.29, 1.82) is 0 Å². The van der Waals surface area contributed by atoms with Gasteiger partial charge in [-0.15, -0.1) is 0 Å². The molecule has 8 heteroatoms. The maximum absolute atomic E-state index is 12.6. The van der Waals surface area contributed by atoms with E-state index in [1.165, 1.54) is 16.7 Å². The molecule has 6 nitrogen and oxygen atoms in total. The van der Waals surface area contributed by atoms with Crippen LogP contribution < -0.4 is 5.32 Å². The molecule has 1 N–H and O–H groups in total. The molecule has 1 fully saturated rings. The third-order valence-corrected chi connectivity index (χ3v) is 5.82. The van der Waals surface area contributed by atoms with Gasteiger partial charge in [-0.05, 0) is 29.8 Å². The third-order valence-electron chi connectivity index (χ3n) is 4.54. The highest BCUT2D eigenvalue weighted by Gasteiger charge is 2.48. The van der Waals surface area contributed by atoms with Crippen LogP contribution in [0.15, 0.2) is 64.5 Å². The van der Waals surface area contributed by atoms with Gasteiger partial charge in [0.15, 0.2) is 17.4 Å². The molecule has 0 spiro atoms. The number of benzene rings is 2. The van der Waals surface area contributed by atoms with Gasteiger partial charge >= 0.3 is 6.03 Å². The van der Waals surface area contributed by atoms with Crippen LogP contribution >= 0.6 is 23.4 Å². The van der Waals surface area contributed by atoms with Gasteiger partial charge in [0, 0.05) is 23.5 Å². The number of thioether (sulfide) groups is 1. The maximum Gasteiger partial charge on any atom is 0.325 e. The standard InChI is InChI=1S/C19H17ClN4O2S/c1-23-16-15(17(25)22-18(23)26)24(11-12-7-9-13(20)10-8-12)19(21-16)27-14-5-3-2-4-6-14/h2-10,15-16H,11H2,1H3,(H,22,25,26). The van der Waals surface area contributed by atoms with Gasteiger partial charge in [-0.3, -0.25) is 10.1 Å². The summed E-state index contributed by atoms with van der Waals surface area (Å²) >= 11 is 7.47. The smallest absolute Gasteiger partial charge is 0.325 e. The number of likely N-dealkylation sites (N-methyl/N-ethyl adjacent to an activating group) is 1. The van der Waals surface area contributed by atoms with Crippen molar-refractivity contribution in [2.24, 2.45) is 4.99 Å². The van der Waals surface area contributed by atoms with Crippen molar-refractivity contribution in [2.75, 3.05) is 7.05 Å². The molecule has 2 aromatic rings. The number of carbonyl (C=O) groups excluding carboxylic acids is 2. The lowest BCUT2D eigenvalue weighted by Crippen LogP contribution is -2.63. The first-order chi connectivity index (χ1) is 13.0. The number of amides is 3. The first-order valence-corrected chi connectivity index (χ1v) is 9.62. The number of nitrogens with zero attached hydrogens (tertiary/aromatic N) is 3. The Morgan fingerprint density at radius 2 is 1.81 bits per heavy atom. The van der Waals surface area contributed by atoms with E-state index in [0.717, 1.165) is 10.5 Å². The Morgan fingerprint density at radius 1 is 1.11 bits per heavy atom. The number of urea groups is 1. The number of aliphatic imine (C=N–C) groups is 1. The van der Waals surface area contributed by atoms with Crippen molar-refractivity contribution in [3.63, 3.8) is 0 Å². The Labute approximate surface area is 166 Å². The Balaban J connectivity index is 1.67. The van der Waals surface area contributed by atoms with Crippen LogP contribution in [0.5, 0.6) is 0 Å². The second-order valence-corrected chi connectivity index (χ2v) is 7.82. The van der Waals surface area contributed by atoms with Crippen LogP contribution in [-0.2, 0) is 11.3 Å². The van der Waals surface area contributed by atoms with Gasteiger partial charge in [0.2, 0.25) is 0 Å². The molecule has 2 heterocycles. The molecule has 138 valence electrons. The number of nitrogens with one attached hydrogen (secondary N) is 1. The van der Waals surface area contributed by atoms with Crippen molar-refractivity contribution < 1.29 is 9.59 Å². The zero-order chi connectivity index (χ0) is 19.0. The fourth-order valence-electron chi connectivity index (χ4n) is 3.13. The van der Waals surface area contributed by atoms with E-state index < -0.39 is 18.2 Å². The van der Waals surface area contributed by atoms with Crippen molar-refractivity contribution in [2.45, 2.75) is 23.6 Å². The van der Waals surface area contributed by atoms with Crippen molar-refractivity contribution in [3.05, 3.63) is 65.2 Å². The summed E-state index contributed by atoms with van der Waals surface area (Å²) in [6, 6.07) is 16.3. The SMILES string of the molecule is CN1C(=O)NC(=O)C2C1N=C(Sc1ccccc1)N2Cc1ccc(Cl)cc1. The molecule has 3 amide bonds. The van der Waals surface area contributed by atoms with Crippen LogP contribution in [0.1, 0.15) is 5.56 Å². The molecule has 2 atom stereocenters. The predicted molar refractivity (Wildman–Crippen MR) is 106 cm³/mol. The van der Waals surface area contributed by atoms with Crippen molar-refractivity contribution in [1.82, 2.24) is 15.1 Å². The van der Waals surface area contributed by atoms with Gasteiger partial charge in [0.05, 0.1) is 0 Å².